The van der Waals surface area contributed by atoms with Crippen LogP contribution in [0.4, 0.5) is 5.95 Å². The molecule has 1 N–H and O–H groups in total. The Labute approximate surface area is 89.5 Å². The molecule has 3 nitrogen and oxygen atoms in total. The van der Waals surface area contributed by atoms with E-state index in [0.717, 1.165) is 25.3 Å². The van der Waals surface area contributed by atoms with Gasteiger partial charge in [-0.05, 0) is 26.2 Å². The van der Waals surface area contributed by atoms with Crippen molar-refractivity contribution in [1.82, 2.24) is 9.55 Å². The van der Waals surface area contributed by atoms with Crippen molar-refractivity contribution in [2.75, 3.05) is 11.2 Å². The van der Waals surface area contributed by atoms with Crippen molar-refractivity contribution < 1.29 is 0 Å². The Hall–Kier alpha value is -0.700. The summed E-state index contributed by atoms with van der Waals surface area (Å²) in [4.78, 5) is 4.30. The molecule has 0 radical (unpaired) electrons. The maximum atomic E-state index is 5.97. The molecule has 0 aliphatic heterocycles. The van der Waals surface area contributed by atoms with Crippen LogP contribution in [0.3, 0.4) is 0 Å². The SMILES string of the molecule is CCn1ccnc1NC1(CCl)CCC1. The number of anilines is 1. The quantitative estimate of drug-likeness (QED) is 0.779. The number of hydrogen-bond acceptors (Lipinski definition) is 2. The largest absolute Gasteiger partial charge is 0.349 e. The third kappa shape index (κ3) is 1.61. The molecule has 0 saturated heterocycles. The van der Waals surface area contributed by atoms with Crippen LogP contribution in [0.2, 0.25) is 0 Å². The lowest BCUT2D eigenvalue weighted by Crippen LogP contribution is -2.47. The van der Waals surface area contributed by atoms with Crippen LogP contribution < -0.4 is 5.32 Å². The molecule has 1 aromatic rings. The van der Waals surface area contributed by atoms with E-state index in [1.165, 1.54) is 6.42 Å². The summed E-state index contributed by atoms with van der Waals surface area (Å²) in [5.74, 6) is 1.62. The maximum Gasteiger partial charge on any atom is 0.203 e. The molecule has 1 heterocycles. The molecule has 4 heteroatoms. The smallest absolute Gasteiger partial charge is 0.203 e. The van der Waals surface area contributed by atoms with Gasteiger partial charge in [-0.1, -0.05) is 0 Å². The lowest BCUT2D eigenvalue weighted by atomic mass is 9.78. The number of nitrogens with zero attached hydrogens (tertiary/aromatic N) is 2. The summed E-state index contributed by atoms with van der Waals surface area (Å²) in [6, 6.07) is 0. The number of nitrogens with one attached hydrogen (secondary N) is 1. The minimum atomic E-state index is 0.111. The molecular formula is C10H16ClN3. The molecule has 0 bridgehead atoms. The first kappa shape index (κ1) is 9.84. The molecule has 14 heavy (non-hydrogen) atoms. The highest BCUT2D eigenvalue weighted by Crippen LogP contribution is 2.35. The number of hydrogen-bond donors (Lipinski definition) is 1. The Bertz CT molecular complexity index is 299. The monoisotopic (exact) mass is 213 g/mol. The van der Waals surface area contributed by atoms with Gasteiger partial charge in [-0.25, -0.2) is 4.98 Å². The average molecular weight is 214 g/mol. The van der Waals surface area contributed by atoms with Gasteiger partial charge in [0.1, 0.15) is 0 Å². The van der Waals surface area contributed by atoms with Crippen LogP contribution in [0.1, 0.15) is 26.2 Å². The van der Waals surface area contributed by atoms with Crippen molar-refractivity contribution in [3.8, 4) is 0 Å². The predicted molar refractivity (Wildman–Crippen MR) is 58.8 cm³/mol. The Morgan fingerprint density at radius 3 is 2.93 bits per heavy atom. The normalized spacial score (nSPS) is 19.0. The zero-order valence-electron chi connectivity index (χ0n) is 8.46. The van der Waals surface area contributed by atoms with Crippen LogP contribution in [0.15, 0.2) is 12.4 Å². The summed E-state index contributed by atoms with van der Waals surface area (Å²) in [6.45, 7) is 3.06. The predicted octanol–water partition coefficient (Wildman–Crippen LogP) is 2.48. The second-order valence-electron chi connectivity index (χ2n) is 3.93. The van der Waals surface area contributed by atoms with Crippen LogP contribution >= 0.6 is 11.6 Å². The van der Waals surface area contributed by atoms with Gasteiger partial charge < -0.3 is 9.88 Å². The minimum Gasteiger partial charge on any atom is -0.349 e. The highest BCUT2D eigenvalue weighted by molar-refractivity contribution is 6.18. The molecule has 0 unspecified atom stereocenters. The van der Waals surface area contributed by atoms with Gasteiger partial charge in [0.2, 0.25) is 5.95 Å². The molecule has 2 rings (SSSR count). The third-order valence-electron chi connectivity index (χ3n) is 3.00. The summed E-state index contributed by atoms with van der Waals surface area (Å²) in [5.41, 5.74) is 0.111. The first-order chi connectivity index (χ1) is 6.79. The Morgan fingerprint density at radius 1 is 1.64 bits per heavy atom. The molecule has 0 amide bonds. The van der Waals surface area contributed by atoms with Crippen molar-refractivity contribution in [1.29, 1.82) is 0 Å². The number of imidazole rings is 1. The van der Waals surface area contributed by atoms with Gasteiger partial charge >= 0.3 is 0 Å². The maximum absolute atomic E-state index is 5.97. The molecule has 1 aliphatic carbocycles. The van der Waals surface area contributed by atoms with E-state index in [1.807, 2.05) is 12.4 Å². The molecule has 78 valence electrons. The molecule has 0 aromatic carbocycles. The topological polar surface area (TPSA) is 29.9 Å². The number of aromatic nitrogens is 2. The van der Waals surface area contributed by atoms with Gasteiger partial charge in [-0.15, -0.1) is 11.6 Å². The zero-order chi connectivity index (χ0) is 10.0. The first-order valence-corrected chi connectivity index (χ1v) is 5.68. The van der Waals surface area contributed by atoms with Gasteiger partial charge in [-0.2, -0.15) is 0 Å². The fourth-order valence-corrected chi connectivity index (χ4v) is 2.16. The van der Waals surface area contributed by atoms with E-state index in [9.17, 15) is 0 Å². The second-order valence-corrected chi connectivity index (χ2v) is 4.20. The van der Waals surface area contributed by atoms with E-state index in [-0.39, 0.29) is 5.54 Å². The van der Waals surface area contributed by atoms with Crippen molar-refractivity contribution >= 4 is 17.5 Å². The standard InChI is InChI=1S/C10H16ClN3/c1-2-14-7-6-12-9(14)13-10(8-11)4-3-5-10/h6-7H,2-5,8H2,1H3,(H,12,13). The van der Waals surface area contributed by atoms with Crippen molar-refractivity contribution in [2.24, 2.45) is 0 Å². The Balaban J connectivity index is 2.09. The third-order valence-corrected chi connectivity index (χ3v) is 3.51. The van der Waals surface area contributed by atoms with E-state index in [0.29, 0.717) is 5.88 Å². The summed E-state index contributed by atoms with van der Waals surface area (Å²) >= 11 is 5.97. The molecule has 1 fully saturated rings. The average Bonchev–Trinajstić information content (AvgIpc) is 2.58. The second kappa shape index (κ2) is 3.81. The molecule has 0 atom stereocenters. The summed E-state index contributed by atoms with van der Waals surface area (Å²) < 4.78 is 2.10. The van der Waals surface area contributed by atoms with Gasteiger partial charge in [-0.3, -0.25) is 0 Å². The minimum absolute atomic E-state index is 0.111. The van der Waals surface area contributed by atoms with Gasteiger partial charge in [0.25, 0.3) is 0 Å². The van der Waals surface area contributed by atoms with Gasteiger partial charge in [0, 0.05) is 24.8 Å². The fourth-order valence-electron chi connectivity index (χ4n) is 1.82. The summed E-state index contributed by atoms with van der Waals surface area (Å²) in [6.07, 6.45) is 7.40. The Kier molecular flexibility index (Phi) is 2.68. The lowest BCUT2D eigenvalue weighted by molar-refractivity contribution is 0.308. The van der Waals surface area contributed by atoms with Crippen LogP contribution in [0, 0.1) is 0 Å². The van der Waals surface area contributed by atoms with Crippen LogP contribution in [0.25, 0.3) is 0 Å². The van der Waals surface area contributed by atoms with Crippen molar-refractivity contribution in [2.45, 2.75) is 38.3 Å². The van der Waals surface area contributed by atoms with E-state index < -0.39 is 0 Å². The van der Waals surface area contributed by atoms with E-state index in [4.69, 9.17) is 11.6 Å². The van der Waals surface area contributed by atoms with Crippen LogP contribution in [-0.2, 0) is 6.54 Å². The van der Waals surface area contributed by atoms with Crippen LogP contribution in [-0.4, -0.2) is 21.0 Å². The number of aryl methyl sites for hydroxylation is 1. The number of halogens is 1. The van der Waals surface area contributed by atoms with E-state index in [1.54, 1.807) is 0 Å². The molecule has 1 aromatic heterocycles. The highest BCUT2D eigenvalue weighted by Gasteiger charge is 2.36. The summed E-state index contributed by atoms with van der Waals surface area (Å²) in [7, 11) is 0. The molecule has 1 saturated carbocycles. The van der Waals surface area contributed by atoms with Crippen molar-refractivity contribution in [3.63, 3.8) is 0 Å². The van der Waals surface area contributed by atoms with Gasteiger partial charge in [0.05, 0.1) is 5.54 Å². The number of rotatable bonds is 4. The lowest BCUT2D eigenvalue weighted by Gasteiger charge is -2.41. The molecule has 0 spiro atoms. The fraction of sp³-hybridized carbons (Fsp3) is 0.700. The zero-order valence-corrected chi connectivity index (χ0v) is 9.22. The summed E-state index contributed by atoms with van der Waals surface area (Å²) in [5, 5.41) is 3.46. The van der Waals surface area contributed by atoms with E-state index >= 15 is 0 Å². The van der Waals surface area contributed by atoms with Crippen molar-refractivity contribution in [3.05, 3.63) is 12.4 Å². The first-order valence-electron chi connectivity index (χ1n) is 5.15. The highest BCUT2D eigenvalue weighted by atomic mass is 35.5. The number of alkyl halides is 1. The van der Waals surface area contributed by atoms with Gasteiger partial charge in [0.15, 0.2) is 0 Å². The molecular weight excluding hydrogens is 198 g/mol. The van der Waals surface area contributed by atoms with Crippen LogP contribution in [0.5, 0.6) is 0 Å². The van der Waals surface area contributed by atoms with E-state index in [2.05, 4.69) is 21.8 Å². The Morgan fingerprint density at radius 2 is 2.43 bits per heavy atom. The molecule has 1 aliphatic rings.